The van der Waals surface area contributed by atoms with Crippen molar-refractivity contribution in [2.24, 2.45) is 17.8 Å². The largest absolute Gasteiger partial charge is 0.481 e. The lowest BCUT2D eigenvalue weighted by Gasteiger charge is -2.33. The van der Waals surface area contributed by atoms with Crippen LogP contribution in [0.25, 0.3) is 0 Å². The first-order valence-electron chi connectivity index (χ1n) is 11.7. The molecule has 176 valence electrons. The van der Waals surface area contributed by atoms with Gasteiger partial charge in [-0.3, -0.25) is 9.59 Å². The van der Waals surface area contributed by atoms with Gasteiger partial charge in [0.2, 0.25) is 5.91 Å². The van der Waals surface area contributed by atoms with Crippen molar-refractivity contribution in [3.63, 3.8) is 0 Å². The van der Waals surface area contributed by atoms with Gasteiger partial charge in [0.15, 0.2) is 0 Å². The number of carbonyl (C=O) groups is 2. The summed E-state index contributed by atoms with van der Waals surface area (Å²) < 4.78 is 0. The van der Waals surface area contributed by atoms with E-state index in [2.05, 4.69) is 18.7 Å². The summed E-state index contributed by atoms with van der Waals surface area (Å²) in [5.41, 5.74) is 0. The van der Waals surface area contributed by atoms with Gasteiger partial charge in [-0.05, 0) is 57.3 Å². The molecule has 0 heterocycles. The fraction of sp³-hybridized carbons (Fsp3) is 0.833. The normalized spacial score (nSPS) is 14.6. The summed E-state index contributed by atoms with van der Waals surface area (Å²) in [4.78, 5) is 26.4. The molecule has 1 amide bonds. The number of amides is 1. The highest BCUT2D eigenvalue weighted by Crippen LogP contribution is 2.22. The smallest absolute Gasteiger partial charge is 0.303 e. The number of alkyl halides is 2. The van der Waals surface area contributed by atoms with E-state index < -0.39 is 5.97 Å². The molecule has 0 aromatic rings. The van der Waals surface area contributed by atoms with Crippen LogP contribution in [0.15, 0.2) is 12.2 Å². The number of hydrogen-bond donors (Lipinski definition) is 1. The Hall–Kier alpha value is -0.740. The van der Waals surface area contributed by atoms with E-state index in [0.717, 1.165) is 58.0 Å². The van der Waals surface area contributed by atoms with E-state index in [1.165, 1.54) is 0 Å². The van der Waals surface area contributed by atoms with Crippen molar-refractivity contribution in [1.29, 1.82) is 0 Å². The summed E-state index contributed by atoms with van der Waals surface area (Å²) in [7, 11) is 0. The minimum absolute atomic E-state index is 0.160. The molecule has 0 aliphatic rings. The van der Waals surface area contributed by atoms with E-state index in [1.54, 1.807) is 0 Å². The lowest BCUT2D eigenvalue weighted by atomic mass is 9.94. The predicted octanol–water partition coefficient (Wildman–Crippen LogP) is 6.74. The zero-order valence-electron chi connectivity index (χ0n) is 19.3. The molecule has 0 radical (unpaired) electrons. The highest BCUT2D eigenvalue weighted by molar-refractivity contribution is 6.18. The van der Waals surface area contributed by atoms with Crippen LogP contribution in [0.3, 0.4) is 0 Å². The quantitative estimate of drug-likeness (QED) is 0.131. The van der Waals surface area contributed by atoms with Crippen LogP contribution in [0.5, 0.6) is 0 Å². The third-order valence-electron chi connectivity index (χ3n) is 5.81. The zero-order valence-corrected chi connectivity index (χ0v) is 20.8. The Balaban J connectivity index is 5.30. The molecule has 3 unspecified atom stereocenters. The third kappa shape index (κ3) is 13.5. The molecule has 0 aliphatic heterocycles. The molecule has 0 fully saturated rings. The topological polar surface area (TPSA) is 57.6 Å². The van der Waals surface area contributed by atoms with Crippen molar-refractivity contribution < 1.29 is 14.7 Å². The Morgan fingerprint density at radius 3 is 1.83 bits per heavy atom. The van der Waals surface area contributed by atoms with Gasteiger partial charge in [-0.2, -0.15) is 0 Å². The van der Waals surface area contributed by atoms with Gasteiger partial charge >= 0.3 is 5.97 Å². The highest BCUT2D eigenvalue weighted by Gasteiger charge is 2.26. The van der Waals surface area contributed by atoms with Crippen molar-refractivity contribution >= 4 is 35.1 Å². The van der Waals surface area contributed by atoms with Crippen LogP contribution in [0, 0.1) is 17.8 Å². The molecule has 0 aromatic heterocycles. The van der Waals surface area contributed by atoms with E-state index in [1.807, 2.05) is 19.1 Å². The Bertz CT molecular complexity index is 467. The second-order valence-electron chi connectivity index (χ2n) is 8.23. The van der Waals surface area contributed by atoms with Gasteiger partial charge in [-0.15, -0.1) is 23.2 Å². The summed E-state index contributed by atoms with van der Waals surface area (Å²) in [5.74, 6) is 1.44. The van der Waals surface area contributed by atoms with E-state index in [0.29, 0.717) is 36.4 Å². The number of carboxylic acid groups (broad SMARTS) is 1. The molecule has 0 saturated heterocycles. The number of hydrogen-bond acceptors (Lipinski definition) is 2. The Labute approximate surface area is 194 Å². The first-order valence-corrected chi connectivity index (χ1v) is 12.7. The maximum atomic E-state index is 13.5. The standard InChI is InChI=1S/C24H43Cl2NO3/c1-4-11-22(14-7-8-15-23(28)29)24(30)27(18-20(5-2)12-9-16-25)19-21(6-3)13-10-17-26/h4,11,20-22H,5-10,12-19H2,1-3H3,(H,28,29)/b11-4-. The Kier molecular flexibility index (Phi) is 18.5. The van der Waals surface area contributed by atoms with E-state index in [-0.39, 0.29) is 18.2 Å². The molecule has 0 aliphatic carbocycles. The van der Waals surface area contributed by atoms with Crippen LogP contribution in [0.1, 0.15) is 85.0 Å². The molecule has 3 atom stereocenters. The molecule has 0 saturated carbocycles. The number of unbranched alkanes of at least 4 members (excludes halogenated alkanes) is 1. The fourth-order valence-corrected chi connectivity index (χ4v) is 4.18. The molecule has 0 spiro atoms. The van der Waals surface area contributed by atoms with Crippen molar-refractivity contribution in [3.05, 3.63) is 12.2 Å². The van der Waals surface area contributed by atoms with E-state index >= 15 is 0 Å². The van der Waals surface area contributed by atoms with E-state index in [9.17, 15) is 9.59 Å². The molecule has 0 bridgehead atoms. The number of rotatable bonds is 19. The second-order valence-corrected chi connectivity index (χ2v) is 8.98. The van der Waals surface area contributed by atoms with Crippen molar-refractivity contribution in [1.82, 2.24) is 4.90 Å². The van der Waals surface area contributed by atoms with E-state index in [4.69, 9.17) is 28.3 Å². The Morgan fingerprint density at radius 1 is 0.900 bits per heavy atom. The van der Waals surface area contributed by atoms with Crippen LogP contribution in [-0.4, -0.2) is 46.7 Å². The van der Waals surface area contributed by atoms with Gasteiger partial charge in [0, 0.05) is 31.3 Å². The van der Waals surface area contributed by atoms with Crippen LogP contribution in [0.4, 0.5) is 0 Å². The van der Waals surface area contributed by atoms with Gasteiger partial charge in [-0.25, -0.2) is 0 Å². The monoisotopic (exact) mass is 463 g/mol. The second kappa shape index (κ2) is 19.0. The van der Waals surface area contributed by atoms with Crippen LogP contribution in [0.2, 0.25) is 0 Å². The molecule has 4 nitrogen and oxygen atoms in total. The molecule has 0 rings (SSSR count). The van der Waals surface area contributed by atoms with Crippen molar-refractivity contribution in [2.75, 3.05) is 24.8 Å². The maximum Gasteiger partial charge on any atom is 0.303 e. The minimum Gasteiger partial charge on any atom is -0.481 e. The predicted molar refractivity (Wildman–Crippen MR) is 128 cm³/mol. The number of aliphatic carboxylic acids is 1. The molecule has 6 heteroatoms. The summed E-state index contributed by atoms with van der Waals surface area (Å²) in [5, 5.41) is 8.87. The van der Waals surface area contributed by atoms with Crippen LogP contribution >= 0.6 is 23.2 Å². The number of carbonyl (C=O) groups excluding carboxylic acids is 1. The fourth-order valence-electron chi connectivity index (χ4n) is 3.87. The van der Waals surface area contributed by atoms with Crippen LogP contribution in [-0.2, 0) is 9.59 Å². The third-order valence-corrected chi connectivity index (χ3v) is 6.35. The van der Waals surface area contributed by atoms with Gasteiger partial charge in [0.25, 0.3) is 0 Å². The first-order chi connectivity index (χ1) is 14.4. The van der Waals surface area contributed by atoms with Crippen LogP contribution < -0.4 is 0 Å². The minimum atomic E-state index is -0.777. The van der Waals surface area contributed by atoms with Gasteiger partial charge in [-0.1, -0.05) is 45.3 Å². The summed E-state index contributed by atoms with van der Waals surface area (Å²) in [6.07, 6.45) is 12.2. The SMILES string of the molecule is C/C=C\C(CCCCC(=O)O)C(=O)N(CC(CC)CCCCl)CC(CC)CCCCl. The molecule has 30 heavy (non-hydrogen) atoms. The summed E-state index contributed by atoms with van der Waals surface area (Å²) in [6, 6.07) is 0. The Morgan fingerprint density at radius 2 is 1.43 bits per heavy atom. The maximum absolute atomic E-state index is 13.5. The molecular weight excluding hydrogens is 421 g/mol. The molecular formula is C24H43Cl2NO3. The molecule has 1 N–H and O–H groups in total. The highest BCUT2D eigenvalue weighted by atomic mass is 35.5. The zero-order chi connectivity index (χ0) is 22.8. The number of carboxylic acids is 1. The van der Waals surface area contributed by atoms with Crippen molar-refractivity contribution in [3.8, 4) is 0 Å². The molecule has 0 aromatic carbocycles. The van der Waals surface area contributed by atoms with Gasteiger partial charge in [0.1, 0.15) is 0 Å². The average molecular weight is 465 g/mol. The van der Waals surface area contributed by atoms with Gasteiger partial charge < -0.3 is 10.0 Å². The van der Waals surface area contributed by atoms with Crippen molar-refractivity contribution in [2.45, 2.75) is 85.0 Å². The lowest BCUT2D eigenvalue weighted by molar-refractivity contribution is -0.137. The summed E-state index contributed by atoms with van der Waals surface area (Å²) >= 11 is 11.8. The number of nitrogens with zero attached hydrogens (tertiary/aromatic N) is 1. The summed E-state index contributed by atoms with van der Waals surface area (Å²) in [6.45, 7) is 7.84. The number of allylic oxidation sites excluding steroid dienone is 1. The number of halogens is 2. The average Bonchev–Trinajstić information content (AvgIpc) is 2.74. The van der Waals surface area contributed by atoms with Gasteiger partial charge in [0.05, 0.1) is 5.92 Å². The lowest BCUT2D eigenvalue weighted by Crippen LogP contribution is -2.42. The first kappa shape index (κ1) is 29.3.